The number of hydrogen-bond donors (Lipinski definition) is 0. The molecule has 0 spiro atoms. The van der Waals surface area contributed by atoms with Gasteiger partial charge in [-0.1, -0.05) is 30.3 Å². The van der Waals surface area contributed by atoms with Crippen LogP contribution in [0.15, 0.2) is 47.4 Å². The van der Waals surface area contributed by atoms with E-state index < -0.39 is 11.6 Å². The van der Waals surface area contributed by atoms with E-state index in [1.54, 1.807) is 17.8 Å². The molecule has 2 aromatic rings. The highest BCUT2D eigenvalue weighted by atomic mass is 35.5. The zero-order chi connectivity index (χ0) is 13.8. The molecule has 2 aromatic carbocycles. The van der Waals surface area contributed by atoms with Crippen LogP contribution in [-0.4, -0.2) is 6.26 Å². The molecule has 0 aliphatic carbocycles. The fourth-order valence-corrected chi connectivity index (χ4v) is 3.02. The second-order valence-electron chi connectivity index (χ2n) is 4.13. The van der Waals surface area contributed by atoms with Crippen LogP contribution in [0.25, 0.3) is 0 Å². The van der Waals surface area contributed by atoms with Gasteiger partial charge in [-0.05, 0) is 35.9 Å². The molecule has 100 valence electrons. The zero-order valence-electron chi connectivity index (χ0n) is 10.4. The van der Waals surface area contributed by atoms with Crippen molar-refractivity contribution < 1.29 is 8.78 Å². The summed E-state index contributed by atoms with van der Waals surface area (Å²) < 4.78 is 26.8. The topological polar surface area (TPSA) is 0 Å². The Balaban J connectivity index is 2.26. The van der Waals surface area contributed by atoms with Crippen molar-refractivity contribution in [2.24, 2.45) is 0 Å². The van der Waals surface area contributed by atoms with E-state index in [1.165, 1.54) is 6.07 Å². The smallest absolute Gasteiger partial charge is 0.162 e. The van der Waals surface area contributed by atoms with E-state index in [0.717, 1.165) is 16.5 Å². The van der Waals surface area contributed by atoms with Crippen molar-refractivity contribution in [3.8, 4) is 0 Å². The van der Waals surface area contributed by atoms with Crippen LogP contribution in [0.3, 0.4) is 0 Å². The zero-order valence-corrected chi connectivity index (χ0v) is 11.9. The molecular formula is C15H13ClF2S. The Bertz CT molecular complexity index is 572. The van der Waals surface area contributed by atoms with Gasteiger partial charge in [-0.25, -0.2) is 8.78 Å². The van der Waals surface area contributed by atoms with Crippen molar-refractivity contribution in [2.45, 2.75) is 16.7 Å². The third-order valence-electron chi connectivity index (χ3n) is 2.91. The van der Waals surface area contributed by atoms with Crippen LogP contribution in [0, 0.1) is 11.6 Å². The summed E-state index contributed by atoms with van der Waals surface area (Å²) in [6.07, 6.45) is 2.23. The van der Waals surface area contributed by atoms with Crippen molar-refractivity contribution in [1.82, 2.24) is 0 Å². The molecular weight excluding hydrogens is 286 g/mol. The molecule has 0 radical (unpaired) electrons. The summed E-state index contributed by atoms with van der Waals surface area (Å²) >= 11 is 7.94. The fraction of sp³-hybridized carbons (Fsp3) is 0.200. The predicted octanol–water partition coefficient (Wildman–Crippen LogP) is 5.21. The van der Waals surface area contributed by atoms with E-state index in [0.29, 0.717) is 5.56 Å². The van der Waals surface area contributed by atoms with E-state index in [1.807, 2.05) is 30.5 Å². The molecule has 0 heterocycles. The highest BCUT2D eigenvalue weighted by molar-refractivity contribution is 7.98. The molecule has 0 aliphatic rings. The maximum Gasteiger partial charge on any atom is 0.162 e. The summed E-state index contributed by atoms with van der Waals surface area (Å²) in [5, 5.41) is -0.375. The van der Waals surface area contributed by atoms with Gasteiger partial charge in [0.15, 0.2) is 11.6 Å². The Morgan fingerprint density at radius 3 is 2.58 bits per heavy atom. The van der Waals surface area contributed by atoms with E-state index >= 15 is 0 Å². The minimum absolute atomic E-state index is 0.267. The quantitative estimate of drug-likeness (QED) is 0.551. The van der Waals surface area contributed by atoms with Crippen molar-refractivity contribution in [2.75, 3.05) is 6.26 Å². The summed E-state index contributed by atoms with van der Waals surface area (Å²) in [5.74, 6) is -1.64. The lowest BCUT2D eigenvalue weighted by atomic mass is 10.0. The number of rotatable bonds is 4. The van der Waals surface area contributed by atoms with Gasteiger partial charge < -0.3 is 0 Å². The molecule has 19 heavy (non-hydrogen) atoms. The van der Waals surface area contributed by atoms with Crippen LogP contribution in [0.4, 0.5) is 8.78 Å². The largest absolute Gasteiger partial charge is 0.204 e. The van der Waals surface area contributed by atoms with E-state index in [-0.39, 0.29) is 11.8 Å². The van der Waals surface area contributed by atoms with Gasteiger partial charge in [0.1, 0.15) is 0 Å². The Hall–Kier alpha value is -1.06. The molecule has 0 amide bonds. The lowest BCUT2D eigenvalue weighted by Gasteiger charge is -2.14. The van der Waals surface area contributed by atoms with Crippen molar-refractivity contribution in [1.29, 1.82) is 0 Å². The molecule has 0 bridgehead atoms. The maximum absolute atomic E-state index is 13.6. The number of hydrogen-bond acceptors (Lipinski definition) is 1. The Labute approximate surface area is 120 Å². The summed E-state index contributed by atoms with van der Waals surface area (Å²) in [7, 11) is 0. The molecule has 0 saturated heterocycles. The molecule has 1 atom stereocenters. The molecule has 1 unspecified atom stereocenters. The molecule has 0 aliphatic heterocycles. The minimum Gasteiger partial charge on any atom is -0.204 e. The summed E-state index contributed by atoms with van der Waals surface area (Å²) in [4.78, 5) is 1.05. The predicted molar refractivity (Wildman–Crippen MR) is 76.9 cm³/mol. The first-order chi connectivity index (χ1) is 9.13. The average Bonchev–Trinajstić information content (AvgIpc) is 2.43. The summed E-state index contributed by atoms with van der Waals surface area (Å²) in [6, 6.07) is 11.9. The van der Waals surface area contributed by atoms with Crippen LogP contribution in [-0.2, 0) is 6.42 Å². The molecule has 0 N–H and O–H groups in total. The van der Waals surface area contributed by atoms with Crippen LogP contribution in [0.2, 0.25) is 0 Å². The molecule has 0 saturated carbocycles. The number of alkyl halides is 1. The number of benzene rings is 2. The normalized spacial score (nSPS) is 12.4. The Morgan fingerprint density at radius 1 is 1.11 bits per heavy atom. The van der Waals surface area contributed by atoms with E-state index in [9.17, 15) is 8.78 Å². The van der Waals surface area contributed by atoms with Gasteiger partial charge in [0.05, 0.1) is 5.38 Å². The monoisotopic (exact) mass is 298 g/mol. The van der Waals surface area contributed by atoms with Gasteiger partial charge in [-0.3, -0.25) is 0 Å². The Morgan fingerprint density at radius 2 is 1.84 bits per heavy atom. The second-order valence-corrected chi connectivity index (χ2v) is 5.50. The lowest BCUT2D eigenvalue weighted by Crippen LogP contribution is -2.01. The van der Waals surface area contributed by atoms with Gasteiger partial charge in [0.25, 0.3) is 0 Å². The first-order valence-electron chi connectivity index (χ1n) is 5.83. The minimum atomic E-state index is -0.834. The van der Waals surface area contributed by atoms with Gasteiger partial charge in [0.2, 0.25) is 0 Å². The lowest BCUT2D eigenvalue weighted by molar-refractivity contribution is 0.498. The van der Waals surface area contributed by atoms with Crippen molar-refractivity contribution in [3.63, 3.8) is 0 Å². The summed E-state index contributed by atoms with van der Waals surface area (Å²) in [5.41, 5.74) is 1.25. The van der Waals surface area contributed by atoms with Gasteiger partial charge in [-0.15, -0.1) is 23.4 Å². The number of thioether (sulfide) groups is 1. The standard InChI is InChI=1S/C15H13ClF2S/c1-19-14-8-3-2-6-11(14)12(16)9-10-5-4-7-13(17)15(10)18/h2-8,12H,9H2,1H3. The van der Waals surface area contributed by atoms with E-state index in [4.69, 9.17) is 11.6 Å². The van der Waals surface area contributed by atoms with Crippen LogP contribution in [0.5, 0.6) is 0 Å². The van der Waals surface area contributed by atoms with Crippen LogP contribution >= 0.6 is 23.4 Å². The van der Waals surface area contributed by atoms with Crippen LogP contribution in [0.1, 0.15) is 16.5 Å². The van der Waals surface area contributed by atoms with Gasteiger partial charge >= 0.3 is 0 Å². The second kappa shape index (κ2) is 6.40. The van der Waals surface area contributed by atoms with Crippen LogP contribution < -0.4 is 0 Å². The van der Waals surface area contributed by atoms with Gasteiger partial charge in [-0.2, -0.15) is 0 Å². The molecule has 2 rings (SSSR count). The molecule has 0 aromatic heterocycles. The highest BCUT2D eigenvalue weighted by Gasteiger charge is 2.16. The fourth-order valence-electron chi connectivity index (χ4n) is 1.93. The number of halogens is 3. The SMILES string of the molecule is CSc1ccccc1C(Cl)Cc1cccc(F)c1F. The van der Waals surface area contributed by atoms with Crippen molar-refractivity contribution >= 4 is 23.4 Å². The third-order valence-corrected chi connectivity index (χ3v) is 4.11. The first kappa shape index (κ1) is 14.4. The molecule has 4 heteroatoms. The maximum atomic E-state index is 13.6. The molecule has 0 nitrogen and oxygen atoms in total. The average molecular weight is 299 g/mol. The van der Waals surface area contributed by atoms with Crippen molar-refractivity contribution in [3.05, 3.63) is 65.2 Å². The first-order valence-corrected chi connectivity index (χ1v) is 7.49. The van der Waals surface area contributed by atoms with E-state index in [2.05, 4.69) is 0 Å². The highest BCUT2D eigenvalue weighted by Crippen LogP contribution is 2.32. The Kier molecular flexibility index (Phi) is 4.83. The summed E-state index contributed by atoms with van der Waals surface area (Å²) in [6.45, 7) is 0. The third kappa shape index (κ3) is 3.28. The molecule has 0 fully saturated rings. The van der Waals surface area contributed by atoms with Gasteiger partial charge in [0, 0.05) is 4.90 Å².